The first kappa shape index (κ1) is 13.7. The van der Waals surface area contributed by atoms with Crippen LogP contribution < -0.4 is 10.6 Å². The first-order chi connectivity index (χ1) is 7.08. The fourth-order valence-corrected chi connectivity index (χ4v) is 5.73. The van der Waals surface area contributed by atoms with E-state index in [2.05, 4.69) is 78.4 Å². The first-order valence-corrected chi connectivity index (χ1v) is 7.33. The number of anilines is 2. The van der Waals surface area contributed by atoms with E-state index >= 15 is 0 Å². The van der Waals surface area contributed by atoms with Gasteiger partial charge < -0.3 is 10.6 Å². The normalized spacial score (nSPS) is 9.93. The molecule has 2 N–H and O–H groups in total. The van der Waals surface area contributed by atoms with Crippen LogP contribution in [0.5, 0.6) is 0 Å². The molecule has 3 nitrogen and oxygen atoms in total. The lowest BCUT2D eigenvalue weighted by Crippen LogP contribution is -2.06. The smallest absolute Gasteiger partial charge is 0.152 e. The fourth-order valence-electron chi connectivity index (χ4n) is 1.23. The van der Waals surface area contributed by atoms with E-state index in [0.29, 0.717) is 0 Å². The zero-order valence-corrected chi connectivity index (χ0v) is 14.6. The molecule has 0 aliphatic heterocycles. The molecule has 0 atom stereocenters. The van der Waals surface area contributed by atoms with Crippen molar-refractivity contribution >= 4 is 85.4 Å². The molecule has 0 heterocycles. The molecule has 0 aliphatic rings. The molecule has 0 saturated carbocycles. The summed E-state index contributed by atoms with van der Waals surface area (Å²) in [6.45, 7) is 0. The Bertz CT molecular complexity index is 376. The van der Waals surface area contributed by atoms with Crippen molar-refractivity contribution < 1.29 is 4.79 Å². The number of halogens is 3. The quantitative estimate of drug-likeness (QED) is 0.455. The van der Waals surface area contributed by atoms with Crippen LogP contribution in [0.25, 0.3) is 0 Å². The Balaban J connectivity index is 3.64. The summed E-state index contributed by atoms with van der Waals surface area (Å²) in [5, 5.41) is 6.25. The monoisotopic (exact) mass is 542 g/mol. The third-order valence-corrected chi connectivity index (χ3v) is 5.29. The SMILES string of the molecule is CNc1c(I)c(C=O)c(I)c(NC)c1I. The Morgan fingerprint density at radius 3 is 1.60 bits per heavy atom. The Hall–Kier alpha value is 0.680. The number of carbonyl (C=O) groups is 1. The summed E-state index contributed by atoms with van der Waals surface area (Å²) >= 11 is 6.66. The van der Waals surface area contributed by atoms with Gasteiger partial charge in [-0.15, -0.1) is 0 Å². The summed E-state index contributed by atoms with van der Waals surface area (Å²) in [7, 11) is 3.72. The van der Waals surface area contributed by atoms with E-state index in [0.717, 1.165) is 33.9 Å². The van der Waals surface area contributed by atoms with Gasteiger partial charge in [0.15, 0.2) is 6.29 Å². The molecular formula is C9H9I3N2O. The molecule has 1 aromatic rings. The maximum absolute atomic E-state index is 11.0. The van der Waals surface area contributed by atoms with Gasteiger partial charge in [-0.2, -0.15) is 0 Å². The number of carbonyl (C=O) groups excluding carboxylic acids is 1. The molecule has 82 valence electrons. The second-order valence-electron chi connectivity index (χ2n) is 2.72. The van der Waals surface area contributed by atoms with Gasteiger partial charge in [-0.1, -0.05) is 0 Å². The van der Waals surface area contributed by atoms with Crippen molar-refractivity contribution in [2.75, 3.05) is 24.7 Å². The predicted molar refractivity (Wildman–Crippen MR) is 89.1 cm³/mol. The van der Waals surface area contributed by atoms with Crippen molar-refractivity contribution in [3.8, 4) is 0 Å². The lowest BCUT2D eigenvalue weighted by molar-refractivity contribution is 0.112. The number of rotatable bonds is 3. The van der Waals surface area contributed by atoms with Crippen molar-refractivity contribution in [2.24, 2.45) is 0 Å². The van der Waals surface area contributed by atoms with Crippen molar-refractivity contribution in [1.82, 2.24) is 0 Å². The van der Waals surface area contributed by atoms with Crippen molar-refractivity contribution in [3.05, 3.63) is 16.3 Å². The fraction of sp³-hybridized carbons (Fsp3) is 0.222. The van der Waals surface area contributed by atoms with Crippen LogP contribution in [0.2, 0.25) is 0 Å². The van der Waals surface area contributed by atoms with Gasteiger partial charge in [0.2, 0.25) is 0 Å². The minimum Gasteiger partial charge on any atom is -0.386 e. The molecule has 0 unspecified atom stereocenters. The highest BCUT2D eigenvalue weighted by Crippen LogP contribution is 2.37. The molecule has 1 rings (SSSR count). The van der Waals surface area contributed by atoms with E-state index in [1.165, 1.54) is 0 Å². The van der Waals surface area contributed by atoms with Crippen molar-refractivity contribution in [3.63, 3.8) is 0 Å². The Morgan fingerprint density at radius 1 is 0.933 bits per heavy atom. The van der Waals surface area contributed by atoms with Gasteiger partial charge in [-0.05, 0) is 67.8 Å². The van der Waals surface area contributed by atoms with Gasteiger partial charge in [0.05, 0.1) is 14.9 Å². The van der Waals surface area contributed by atoms with Crippen LogP contribution in [0.4, 0.5) is 11.4 Å². The summed E-state index contributed by atoms with van der Waals surface area (Å²) in [6.07, 6.45) is 0.904. The second kappa shape index (κ2) is 5.84. The third kappa shape index (κ3) is 2.51. The van der Waals surface area contributed by atoms with Crippen LogP contribution in [-0.2, 0) is 0 Å². The highest BCUT2D eigenvalue weighted by molar-refractivity contribution is 14.1. The average molecular weight is 542 g/mol. The topological polar surface area (TPSA) is 41.1 Å². The van der Waals surface area contributed by atoms with E-state index in [1.807, 2.05) is 14.1 Å². The van der Waals surface area contributed by atoms with Gasteiger partial charge in [0.25, 0.3) is 0 Å². The predicted octanol–water partition coefficient (Wildman–Crippen LogP) is 3.40. The Labute approximate surface area is 130 Å². The van der Waals surface area contributed by atoms with Crippen LogP contribution in [-0.4, -0.2) is 20.4 Å². The first-order valence-electron chi connectivity index (χ1n) is 4.09. The minimum atomic E-state index is 0.741. The molecule has 0 amide bonds. The van der Waals surface area contributed by atoms with Crippen LogP contribution in [0.1, 0.15) is 10.4 Å². The van der Waals surface area contributed by atoms with Gasteiger partial charge in [0, 0.05) is 26.8 Å². The van der Waals surface area contributed by atoms with E-state index in [4.69, 9.17) is 0 Å². The minimum absolute atomic E-state index is 0.741. The summed E-state index contributed by atoms with van der Waals surface area (Å²) in [4.78, 5) is 11.0. The highest BCUT2D eigenvalue weighted by atomic mass is 127. The number of benzene rings is 1. The number of hydrogen-bond donors (Lipinski definition) is 2. The van der Waals surface area contributed by atoms with Crippen LogP contribution in [0, 0.1) is 10.7 Å². The summed E-state index contributed by atoms with van der Waals surface area (Å²) < 4.78 is 3.05. The summed E-state index contributed by atoms with van der Waals surface area (Å²) in [5.74, 6) is 0. The molecule has 0 saturated heterocycles. The van der Waals surface area contributed by atoms with Crippen LogP contribution >= 0.6 is 67.8 Å². The molecule has 0 aromatic heterocycles. The highest BCUT2D eigenvalue weighted by Gasteiger charge is 2.18. The zero-order valence-electron chi connectivity index (χ0n) is 8.12. The van der Waals surface area contributed by atoms with E-state index in [1.54, 1.807) is 0 Å². The molecule has 0 spiro atoms. The molecular weight excluding hydrogens is 533 g/mol. The van der Waals surface area contributed by atoms with Crippen molar-refractivity contribution in [2.45, 2.75) is 0 Å². The van der Waals surface area contributed by atoms with Gasteiger partial charge >= 0.3 is 0 Å². The number of aldehydes is 1. The largest absolute Gasteiger partial charge is 0.386 e. The van der Waals surface area contributed by atoms with Gasteiger partial charge in [-0.3, -0.25) is 4.79 Å². The molecule has 0 fully saturated rings. The van der Waals surface area contributed by atoms with Gasteiger partial charge in [0.1, 0.15) is 0 Å². The lowest BCUT2D eigenvalue weighted by atomic mass is 10.2. The van der Waals surface area contributed by atoms with Crippen LogP contribution in [0.15, 0.2) is 0 Å². The Morgan fingerprint density at radius 2 is 1.33 bits per heavy atom. The standard InChI is InChI=1S/C9H9I3N2O/c1-13-8-5(10)4(3-15)6(11)9(14-2)7(8)12/h3,13-14H,1-2H3. The van der Waals surface area contributed by atoms with E-state index in [-0.39, 0.29) is 0 Å². The van der Waals surface area contributed by atoms with Crippen molar-refractivity contribution in [1.29, 1.82) is 0 Å². The molecule has 6 heteroatoms. The number of nitrogens with one attached hydrogen (secondary N) is 2. The van der Waals surface area contributed by atoms with Crippen LogP contribution in [0.3, 0.4) is 0 Å². The molecule has 0 aliphatic carbocycles. The van der Waals surface area contributed by atoms with E-state index in [9.17, 15) is 4.79 Å². The number of hydrogen-bond acceptors (Lipinski definition) is 3. The van der Waals surface area contributed by atoms with Gasteiger partial charge in [-0.25, -0.2) is 0 Å². The maximum atomic E-state index is 11.0. The maximum Gasteiger partial charge on any atom is 0.152 e. The third-order valence-electron chi connectivity index (χ3n) is 1.97. The average Bonchev–Trinajstić information content (AvgIpc) is 2.19. The lowest BCUT2D eigenvalue weighted by Gasteiger charge is -2.16. The second-order valence-corrected chi connectivity index (χ2v) is 5.96. The molecule has 1 aromatic carbocycles. The van der Waals surface area contributed by atoms with E-state index < -0.39 is 0 Å². The summed E-state index contributed by atoms with van der Waals surface area (Å²) in [6, 6.07) is 0. The molecule has 0 bridgehead atoms. The summed E-state index contributed by atoms with van der Waals surface area (Å²) in [5.41, 5.74) is 2.75. The Kier molecular flexibility index (Phi) is 5.36. The molecule has 0 radical (unpaired) electrons. The zero-order chi connectivity index (χ0) is 11.6. The molecule has 15 heavy (non-hydrogen) atoms.